The van der Waals surface area contributed by atoms with E-state index in [9.17, 15) is 9.90 Å². The topological polar surface area (TPSA) is 135 Å². The molecule has 0 unspecified atom stereocenters. The molecule has 0 spiro atoms. The molecule has 1 saturated heterocycles. The molecule has 3 amide bonds. The molecular weight excluding hydrogens is 775 g/mol. The molecule has 4 aliphatic rings. The van der Waals surface area contributed by atoms with Gasteiger partial charge < -0.3 is 43.7 Å². The molecule has 2 N–H and O–H groups in total. The lowest BCUT2D eigenvalue weighted by molar-refractivity contribution is 0.0193. The summed E-state index contributed by atoms with van der Waals surface area (Å²) < 4.78 is 24.8. The van der Waals surface area contributed by atoms with Crippen LogP contribution in [0.25, 0.3) is 11.3 Å². The number of phenolic OH excluding ortho intramolecular Hbond substituents is 1. The number of hydrogen-bond acceptors (Lipinski definition) is 9. The molecular formula is C48H51N5O8. The zero-order valence-electron chi connectivity index (χ0n) is 34.4. The zero-order chi connectivity index (χ0) is 41.9. The molecule has 13 nitrogen and oxygen atoms in total. The first-order chi connectivity index (χ1) is 29.8. The van der Waals surface area contributed by atoms with Gasteiger partial charge in [-0.2, -0.15) is 0 Å². The summed E-state index contributed by atoms with van der Waals surface area (Å²) in [6.07, 6.45) is 3.25. The summed E-state index contributed by atoms with van der Waals surface area (Å²) in [4.78, 5) is 49.5. The quantitative estimate of drug-likeness (QED) is 0.144. The van der Waals surface area contributed by atoms with Crippen LogP contribution in [0.15, 0.2) is 91.0 Å². The largest absolute Gasteiger partial charge is 0.508 e. The molecule has 5 aromatic rings. The van der Waals surface area contributed by atoms with Gasteiger partial charge >= 0.3 is 0 Å². The fraction of sp³-hybridized carbons (Fsp3) is 0.354. The van der Waals surface area contributed by atoms with Crippen molar-refractivity contribution in [3.05, 3.63) is 130 Å². The number of aromatic hydroxyl groups is 1. The zero-order valence-corrected chi connectivity index (χ0v) is 34.4. The monoisotopic (exact) mass is 825 g/mol. The van der Waals surface area contributed by atoms with Crippen LogP contribution in [-0.4, -0.2) is 103 Å². The number of rotatable bonds is 12. The Morgan fingerprint density at radius 1 is 0.869 bits per heavy atom. The Hall–Kier alpha value is -6.15. The highest BCUT2D eigenvalue weighted by Gasteiger charge is 2.36. The number of nitrogens with one attached hydrogen (secondary N) is 1. The first-order valence-electron chi connectivity index (χ1n) is 21.2. The summed E-state index contributed by atoms with van der Waals surface area (Å²) >= 11 is 0. The predicted molar refractivity (Wildman–Crippen MR) is 229 cm³/mol. The van der Waals surface area contributed by atoms with Gasteiger partial charge in [0.2, 0.25) is 6.79 Å². The van der Waals surface area contributed by atoms with Gasteiger partial charge in [-0.25, -0.2) is 0 Å². The maximum absolute atomic E-state index is 15.3. The molecule has 4 aromatic carbocycles. The molecule has 1 fully saturated rings. The van der Waals surface area contributed by atoms with Crippen LogP contribution in [-0.2, 0) is 41.9 Å². The van der Waals surface area contributed by atoms with Crippen LogP contribution in [0.2, 0.25) is 0 Å². The van der Waals surface area contributed by atoms with Gasteiger partial charge in [0.15, 0.2) is 11.5 Å². The molecule has 1 aromatic heterocycles. The summed E-state index contributed by atoms with van der Waals surface area (Å²) in [6.45, 7) is 5.85. The van der Waals surface area contributed by atoms with Crippen LogP contribution in [0, 0.1) is 0 Å². The van der Waals surface area contributed by atoms with Gasteiger partial charge in [-0.3, -0.25) is 19.3 Å². The van der Waals surface area contributed by atoms with Crippen LogP contribution >= 0.6 is 0 Å². The van der Waals surface area contributed by atoms with E-state index >= 15 is 9.59 Å². The Labute approximate surface area is 355 Å². The number of phenols is 1. The average molecular weight is 826 g/mol. The van der Waals surface area contributed by atoms with Crippen molar-refractivity contribution in [2.24, 2.45) is 0 Å². The molecule has 4 aliphatic heterocycles. The lowest BCUT2D eigenvalue weighted by Crippen LogP contribution is -2.52. The second-order valence-corrected chi connectivity index (χ2v) is 16.1. The average Bonchev–Trinajstić information content (AvgIpc) is 3.93. The van der Waals surface area contributed by atoms with Crippen molar-refractivity contribution in [3.8, 4) is 28.5 Å². The molecule has 13 heteroatoms. The van der Waals surface area contributed by atoms with Gasteiger partial charge in [0.25, 0.3) is 17.7 Å². The number of carbonyl (C=O) groups is 3. The summed E-state index contributed by atoms with van der Waals surface area (Å²) in [5.74, 6) is 0.587. The van der Waals surface area contributed by atoms with Gasteiger partial charge in [0, 0.05) is 80.6 Å². The number of ether oxygens (including phenoxy) is 4. The van der Waals surface area contributed by atoms with Crippen molar-refractivity contribution in [3.63, 3.8) is 0 Å². The molecule has 0 bridgehead atoms. The first kappa shape index (κ1) is 40.3. The van der Waals surface area contributed by atoms with Crippen molar-refractivity contribution >= 4 is 23.4 Å². The number of morpholine rings is 1. The van der Waals surface area contributed by atoms with Crippen LogP contribution in [0.5, 0.6) is 17.2 Å². The second kappa shape index (κ2) is 17.8. The summed E-state index contributed by atoms with van der Waals surface area (Å²) in [5, 5.41) is 13.1. The number of anilines is 1. The number of nitrogens with zero attached hydrogens (tertiary/aromatic N) is 4. The van der Waals surface area contributed by atoms with Crippen LogP contribution in [0.1, 0.15) is 66.3 Å². The standard InChI is InChI=1S/C48H51N5O8/c1-58-20-16-49-46(55)34-10-6-7-32(23-34)28-52(36-12-14-38(54)15-13-36)48(57)41-25-43(51-17-5-4-11-42(41)51)39-26-44-45(61-31-60-44)27-40(39)47(56)53-29-35-9-3-2-8-33(35)24-37(53)30-50-18-21-59-22-19-50/h2-3,6-10,12-15,23,25-27,37,54H,4-5,11,16-22,24,28-31H2,1H3,(H,49,55)/t37-/m0/s1. The van der Waals surface area contributed by atoms with Crippen molar-refractivity contribution in [1.29, 1.82) is 0 Å². The van der Waals surface area contributed by atoms with E-state index in [1.54, 1.807) is 48.4 Å². The van der Waals surface area contributed by atoms with Gasteiger partial charge in [0.1, 0.15) is 5.75 Å². The molecule has 316 valence electrons. The molecule has 5 heterocycles. The van der Waals surface area contributed by atoms with E-state index in [1.807, 2.05) is 41.3 Å². The lowest BCUT2D eigenvalue weighted by Gasteiger charge is -2.40. The lowest BCUT2D eigenvalue weighted by atomic mass is 9.92. The molecule has 1 atom stereocenters. The minimum Gasteiger partial charge on any atom is -0.508 e. The maximum Gasteiger partial charge on any atom is 0.260 e. The highest BCUT2D eigenvalue weighted by molar-refractivity contribution is 6.09. The van der Waals surface area contributed by atoms with Crippen molar-refractivity contribution in [1.82, 2.24) is 19.7 Å². The van der Waals surface area contributed by atoms with Crippen LogP contribution < -0.4 is 19.7 Å². The fourth-order valence-electron chi connectivity index (χ4n) is 9.06. The van der Waals surface area contributed by atoms with E-state index < -0.39 is 0 Å². The number of hydrogen-bond donors (Lipinski definition) is 2. The smallest absolute Gasteiger partial charge is 0.260 e. The Kier molecular flexibility index (Phi) is 11.8. The third-order valence-electron chi connectivity index (χ3n) is 12.2. The summed E-state index contributed by atoms with van der Waals surface area (Å²) in [7, 11) is 1.58. The Balaban J connectivity index is 1.10. The van der Waals surface area contributed by atoms with Gasteiger partial charge in [-0.05, 0) is 97.0 Å². The third-order valence-corrected chi connectivity index (χ3v) is 12.2. The van der Waals surface area contributed by atoms with Crippen molar-refractivity contribution in [2.75, 3.05) is 64.8 Å². The fourth-order valence-corrected chi connectivity index (χ4v) is 9.06. The van der Waals surface area contributed by atoms with Crippen molar-refractivity contribution in [2.45, 2.75) is 51.4 Å². The number of benzene rings is 4. The Morgan fingerprint density at radius 2 is 1.66 bits per heavy atom. The number of aromatic nitrogens is 1. The predicted octanol–water partition coefficient (Wildman–Crippen LogP) is 6.05. The summed E-state index contributed by atoms with van der Waals surface area (Å²) in [5.41, 5.74) is 7.59. The highest BCUT2D eigenvalue weighted by atomic mass is 16.7. The van der Waals surface area contributed by atoms with E-state index in [1.165, 1.54) is 5.56 Å². The number of carbonyl (C=O) groups excluding carboxylic acids is 3. The van der Waals surface area contributed by atoms with E-state index in [0.29, 0.717) is 85.3 Å². The first-order valence-corrected chi connectivity index (χ1v) is 21.2. The number of fused-ring (bicyclic) bond motifs is 3. The normalized spacial score (nSPS) is 17.1. The number of methoxy groups -OCH3 is 1. The third kappa shape index (κ3) is 8.46. The van der Waals surface area contributed by atoms with E-state index in [2.05, 4.69) is 33.0 Å². The van der Waals surface area contributed by atoms with Gasteiger partial charge in [-0.1, -0.05) is 36.4 Å². The Morgan fingerprint density at radius 3 is 2.46 bits per heavy atom. The van der Waals surface area contributed by atoms with Gasteiger partial charge in [-0.15, -0.1) is 0 Å². The molecule has 9 rings (SSSR count). The summed E-state index contributed by atoms with van der Waals surface area (Å²) in [6, 6.07) is 27.7. The second-order valence-electron chi connectivity index (χ2n) is 16.1. The molecule has 0 radical (unpaired) electrons. The van der Waals surface area contributed by atoms with Crippen molar-refractivity contribution < 1.29 is 38.4 Å². The minimum atomic E-state index is -0.234. The Bertz CT molecular complexity index is 2420. The maximum atomic E-state index is 15.3. The highest BCUT2D eigenvalue weighted by Crippen LogP contribution is 2.42. The van der Waals surface area contributed by atoms with E-state index in [-0.39, 0.29) is 42.9 Å². The van der Waals surface area contributed by atoms with Crippen LogP contribution in [0.4, 0.5) is 5.69 Å². The molecule has 0 aliphatic carbocycles. The van der Waals surface area contributed by atoms with Crippen LogP contribution in [0.3, 0.4) is 0 Å². The SMILES string of the molecule is COCCNC(=O)c1cccc(CN(C(=O)c2cc(-c3cc4c(cc3C(=O)N3Cc5ccccc5C[C@H]3CN3CCOCC3)OCO4)n3c2CCCC3)c2ccc(O)cc2)c1. The molecule has 0 saturated carbocycles. The van der Waals surface area contributed by atoms with E-state index in [4.69, 9.17) is 18.9 Å². The van der Waals surface area contributed by atoms with Gasteiger partial charge in [0.05, 0.1) is 37.5 Å². The molecule has 61 heavy (non-hydrogen) atoms. The minimum absolute atomic E-state index is 0.0523. The number of amides is 3. The van der Waals surface area contributed by atoms with E-state index in [0.717, 1.165) is 61.4 Å².